The number of hydrogen-bond acceptors (Lipinski definition) is 5. The molecule has 6 nitrogen and oxygen atoms in total. The highest BCUT2D eigenvalue weighted by Gasteiger charge is 2.67. The van der Waals surface area contributed by atoms with Gasteiger partial charge in [0.1, 0.15) is 11.2 Å². The predicted octanol–water partition coefficient (Wildman–Crippen LogP) is 0.898. The van der Waals surface area contributed by atoms with Crippen LogP contribution in [0.15, 0.2) is 0 Å². The van der Waals surface area contributed by atoms with Crippen molar-refractivity contribution in [2.24, 2.45) is 5.41 Å². The highest BCUT2D eigenvalue weighted by atomic mass is 16.6. The van der Waals surface area contributed by atoms with E-state index in [0.717, 1.165) is 12.8 Å². The third kappa shape index (κ3) is 2.24. The van der Waals surface area contributed by atoms with Crippen LogP contribution in [0.1, 0.15) is 40.0 Å². The molecule has 3 unspecified atom stereocenters. The van der Waals surface area contributed by atoms with Gasteiger partial charge in [-0.2, -0.15) is 0 Å². The van der Waals surface area contributed by atoms with Crippen LogP contribution < -0.4 is 0 Å². The standard InChI is InChI=1S/C15H25NO5/c1-13(2,3)21-12(18)16-7-15(19,8-16)14(9-17)6-10-4-5-11(14)20-10/h10-11,17,19H,4-9H2,1-3H3. The van der Waals surface area contributed by atoms with Crippen molar-refractivity contribution in [1.82, 2.24) is 4.90 Å². The van der Waals surface area contributed by atoms with Crippen molar-refractivity contribution in [1.29, 1.82) is 0 Å². The summed E-state index contributed by atoms with van der Waals surface area (Å²) in [5, 5.41) is 20.8. The predicted molar refractivity (Wildman–Crippen MR) is 74.8 cm³/mol. The zero-order chi connectivity index (χ0) is 15.5. The minimum absolute atomic E-state index is 0.0988. The Labute approximate surface area is 125 Å². The molecule has 3 aliphatic heterocycles. The molecule has 0 spiro atoms. The number of rotatable bonds is 2. The van der Waals surface area contributed by atoms with E-state index in [-0.39, 0.29) is 31.9 Å². The van der Waals surface area contributed by atoms with Crippen molar-refractivity contribution in [2.45, 2.75) is 63.4 Å². The Morgan fingerprint density at radius 2 is 2.05 bits per heavy atom. The van der Waals surface area contributed by atoms with Crippen molar-refractivity contribution in [2.75, 3.05) is 19.7 Å². The van der Waals surface area contributed by atoms with E-state index in [9.17, 15) is 15.0 Å². The van der Waals surface area contributed by atoms with Crippen molar-refractivity contribution in [3.05, 3.63) is 0 Å². The SMILES string of the molecule is CC(C)(C)OC(=O)N1CC(O)(C2(CO)CC3CCC2O3)C1. The molecule has 0 aromatic rings. The Kier molecular flexibility index (Phi) is 3.28. The molecule has 3 heterocycles. The zero-order valence-electron chi connectivity index (χ0n) is 13.0. The van der Waals surface area contributed by atoms with Crippen LogP contribution in [0.2, 0.25) is 0 Å². The smallest absolute Gasteiger partial charge is 0.410 e. The molecule has 0 aliphatic carbocycles. The number of carbonyl (C=O) groups excluding carboxylic acids is 1. The van der Waals surface area contributed by atoms with E-state index >= 15 is 0 Å². The van der Waals surface area contributed by atoms with Gasteiger partial charge in [0.05, 0.1) is 37.3 Å². The second-order valence-electron chi connectivity index (χ2n) is 7.71. The molecule has 2 N–H and O–H groups in total. The number of likely N-dealkylation sites (tertiary alicyclic amines) is 1. The van der Waals surface area contributed by atoms with Gasteiger partial charge in [-0.15, -0.1) is 0 Å². The third-order valence-electron chi connectivity index (χ3n) is 5.08. The largest absolute Gasteiger partial charge is 0.444 e. The summed E-state index contributed by atoms with van der Waals surface area (Å²) in [5.41, 5.74) is -2.25. The lowest BCUT2D eigenvalue weighted by Crippen LogP contribution is -2.74. The topological polar surface area (TPSA) is 79.2 Å². The number of ether oxygens (including phenoxy) is 2. The Balaban J connectivity index is 1.67. The van der Waals surface area contributed by atoms with Gasteiger partial charge in [0.15, 0.2) is 0 Å². The second-order valence-corrected chi connectivity index (χ2v) is 7.71. The van der Waals surface area contributed by atoms with Gasteiger partial charge >= 0.3 is 6.09 Å². The molecule has 3 saturated heterocycles. The molecule has 6 heteroatoms. The van der Waals surface area contributed by atoms with Gasteiger partial charge in [0.2, 0.25) is 0 Å². The number of nitrogens with zero attached hydrogens (tertiary/aromatic N) is 1. The van der Waals surface area contributed by atoms with Crippen LogP contribution in [0, 0.1) is 5.41 Å². The van der Waals surface area contributed by atoms with Gasteiger partial charge in [-0.05, 0) is 40.0 Å². The first-order valence-electron chi connectivity index (χ1n) is 7.66. The Hall–Kier alpha value is -0.850. The molecule has 1 amide bonds. The van der Waals surface area contributed by atoms with Crippen LogP contribution in [0.25, 0.3) is 0 Å². The molecule has 0 radical (unpaired) electrons. The Morgan fingerprint density at radius 1 is 1.38 bits per heavy atom. The maximum atomic E-state index is 12.0. The first-order valence-corrected chi connectivity index (χ1v) is 7.66. The average molecular weight is 299 g/mol. The van der Waals surface area contributed by atoms with Gasteiger partial charge in [-0.3, -0.25) is 0 Å². The monoisotopic (exact) mass is 299 g/mol. The Morgan fingerprint density at radius 3 is 2.48 bits per heavy atom. The van der Waals surface area contributed by atoms with Gasteiger partial charge in [-0.25, -0.2) is 4.79 Å². The Bertz CT molecular complexity index is 440. The number of hydrogen-bond donors (Lipinski definition) is 2. The summed E-state index contributed by atoms with van der Waals surface area (Å²) < 4.78 is 11.1. The van der Waals surface area contributed by atoms with Gasteiger partial charge < -0.3 is 24.6 Å². The number of amides is 1. The maximum absolute atomic E-state index is 12.0. The molecular weight excluding hydrogens is 274 g/mol. The van der Waals surface area contributed by atoms with Crippen molar-refractivity contribution < 1.29 is 24.5 Å². The first-order chi connectivity index (χ1) is 9.69. The van der Waals surface area contributed by atoms with E-state index in [4.69, 9.17) is 9.47 Å². The summed E-state index contributed by atoms with van der Waals surface area (Å²) in [6, 6.07) is 0. The van der Waals surface area contributed by atoms with Crippen LogP contribution in [-0.4, -0.2) is 64.3 Å². The van der Waals surface area contributed by atoms with Gasteiger partial charge in [-0.1, -0.05) is 0 Å². The van der Waals surface area contributed by atoms with Crippen molar-refractivity contribution in [3.8, 4) is 0 Å². The van der Waals surface area contributed by atoms with Crippen LogP contribution >= 0.6 is 0 Å². The number of aliphatic hydroxyl groups is 2. The fraction of sp³-hybridized carbons (Fsp3) is 0.933. The minimum atomic E-state index is -1.07. The van der Waals surface area contributed by atoms with E-state index in [1.54, 1.807) is 0 Å². The van der Waals surface area contributed by atoms with Crippen LogP contribution in [0.4, 0.5) is 4.79 Å². The van der Waals surface area contributed by atoms with E-state index in [1.165, 1.54) is 4.90 Å². The highest BCUT2D eigenvalue weighted by molar-refractivity contribution is 5.69. The summed E-state index contributed by atoms with van der Waals surface area (Å²) in [6.07, 6.45) is 2.18. The molecule has 3 aliphatic rings. The van der Waals surface area contributed by atoms with E-state index in [2.05, 4.69) is 0 Å². The summed E-state index contributed by atoms with van der Waals surface area (Å²) in [6.45, 7) is 5.75. The molecular formula is C15H25NO5. The van der Waals surface area contributed by atoms with Crippen molar-refractivity contribution in [3.63, 3.8) is 0 Å². The number of fused-ring (bicyclic) bond motifs is 2. The van der Waals surface area contributed by atoms with Crippen LogP contribution in [0.5, 0.6) is 0 Å². The van der Waals surface area contributed by atoms with Gasteiger partial charge in [0.25, 0.3) is 0 Å². The van der Waals surface area contributed by atoms with E-state index in [1.807, 2.05) is 20.8 Å². The quantitative estimate of drug-likeness (QED) is 0.792. The molecule has 120 valence electrons. The fourth-order valence-electron chi connectivity index (χ4n) is 3.96. The summed E-state index contributed by atoms with van der Waals surface area (Å²) in [7, 11) is 0. The summed E-state index contributed by atoms with van der Waals surface area (Å²) in [4.78, 5) is 13.5. The molecule has 0 saturated carbocycles. The lowest BCUT2D eigenvalue weighted by molar-refractivity contribution is -0.203. The third-order valence-corrected chi connectivity index (χ3v) is 5.08. The fourth-order valence-corrected chi connectivity index (χ4v) is 3.96. The molecule has 3 atom stereocenters. The molecule has 2 bridgehead atoms. The van der Waals surface area contributed by atoms with Crippen LogP contribution in [-0.2, 0) is 9.47 Å². The maximum Gasteiger partial charge on any atom is 0.410 e. The highest BCUT2D eigenvalue weighted by Crippen LogP contribution is 2.55. The zero-order valence-corrected chi connectivity index (χ0v) is 13.0. The van der Waals surface area contributed by atoms with Crippen LogP contribution in [0.3, 0.4) is 0 Å². The summed E-state index contributed by atoms with van der Waals surface area (Å²) >= 11 is 0. The lowest BCUT2D eigenvalue weighted by Gasteiger charge is -2.56. The first kappa shape index (κ1) is 15.1. The molecule has 21 heavy (non-hydrogen) atoms. The van der Waals surface area contributed by atoms with E-state index in [0.29, 0.717) is 6.42 Å². The molecule has 3 fully saturated rings. The minimum Gasteiger partial charge on any atom is -0.444 e. The average Bonchev–Trinajstić information content (AvgIpc) is 2.93. The number of carbonyl (C=O) groups is 1. The lowest BCUT2D eigenvalue weighted by atomic mass is 9.60. The second kappa shape index (κ2) is 4.57. The molecule has 0 aromatic heterocycles. The molecule has 0 aromatic carbocycles. The van der Waals surface area contributed by atoms with E-state index < -0.39 is 22.7 Å². The molecule has 3 rings (SSSR count). The number of aliphatic hydroxyl groups excluding tert-OH is 1. The normalized spacial score (nSPS) is 37.5. The van der Waals surface area contributed by atoms with Gasteiger partial charge in [0, 0.05) is 0 Å². The summed E-state index contributed by atoms with van der Waals surface area (Å²) in [5.74, 6) is 0. The van der Waals surface area contributed by atoms with Crippen molar-refractivity contribution >= 4 is 6.09 Å². The number of β-amino-alcohol motifs (C(OH)–C–C–N with tert-alkyl or cyclic N) is 1.